The maximum absolute atomic E-state index is 7.00. The Hall–Kier alpha value is -1.06. The van der Waals surface area contributed by atoms with Crippen LogP contribution in [0.3, 0.4) is 0 Å². The lowest BCUT2D eigenvalue weighted by atomic mass is 10.0. The highest BCUT2D eigenvalue weighted by molar-refractivity contribution is 5.48. The van der Waals surface area contributed by atoms with E-state index in [1.165, 1.54) is 62.9 Å². The molecule has 0 amide bonds. The molecule has 0 saturated carbocycles. The lowest BCUT2D eigenvalue weighted by molar-refractivity contribution is 0.399. The highest BCUT2D eigenvalue weighted by Crippen LogP contribution is 2.20. The fourth-order valence-electron chi connectivity index (χ4n) is 2.75. The first-order valence-corrected chi connectivity index (χ1v) is 9.14. The first-order chi connectivity index (χ1) is 11.2. The van der Waals surface area contributed by atoms with Gasteiger partial charge in [-0.2, -0.15) is 0 Å². The molecule has 0 bridgehead atoms. The maximum Gasteiger partial charge on any atom is 0.0368 e. The predicted molar refractivity (Wildman–Crippen MR) is 103 cm³/mol. The van der Waals surface area contributed by atoms with Gasteiger partial charge in [-0.1, -0.05) is 51.7 Å². The maximum atomic E-state index is 7.00. The van der Waals surface area contributed by atoms with Gasteiger partial charge in [0.15, 0.2) is 0 Å². The van der Waals surface area contributed by atoms with Crippen LogP contribution >= 0.6 is 0 Å². The molecule has 134 valence electrons. The summed E-state index contributed by atoms with van der Waals surface area (Å²) in [6.45, 7) is 8.97. The Labute approximate surface area is 144 Å². The number of nitrogens with zero attached hydrogens (tertiary/aromatic N) is 1. The molecule has 23 heavy (non-hydrogen) atoms. The lowest BCUT2D eigenvalue weighted by Gasteiger charge is -2.33. The first-order valence-electron chi connectivity index (χ1n) is 9.14. The zero-order valence-electron chi connectivity index (χ0n) is 15.9. The Kier molecular flexibility index (Phi) is 13.9. The summed E-state index contributed by atoms with van der Waals surface area (Å²) in [4.78, 5) is 2.49. The Morgan fingerprint density at radius 2 is 1.65 bits per heavy atom. The summed E-state index contributed by atoms with van der Waals surface area (Å²) < 4.78 is 0. The van der Waals surface area contributed by atoms with Crippen LogP contribution in [-0.2, 0) is 0 Å². The zero-order chi connectivity index (χ0) is 17.5. The van der Waals surface area contributed by atoms with Crippen molar-refractivity contribution in [2.24, 2.45) is 0 Å². The number of aryl methyl sites for hydroxylation is 1. The van der Waals surface area contributed by atoms with E-state index in [9.17, 15) is 0 Å². The molecule has 3 heteroatoms. The molecule has 0 aromatic heterocycles. The van der Waals surface area contributed by atoms with E-state index in [1.54, 1.807) is 0 Å². The molecule has 2 rings (SSSR count). The minimum atomic E-state index is 0.714. The van der Waals surface area contributed by atoms with Crippen LogP contribution in [0, 0.1) is 6.92 Å². The Morgan fingerprint density at radius 3 is 2.09 bits per heavy atom. The fraction of sp³-hybridized carbons (Fsp3) is 0.700. The Morgan fingerprint density at radius 1 is 1.09 bits per heavy atom. The van der Waals surface area contributed by atoms with Gasteiger partial charge in [-0.3, -0.25) is 0 Å². The molecule has 0 unspecified atom stereocenters. The van der Waals surface area contributed by atoms with Gasteiger partial charge in [0.2, 0.25) is 0 Å². The molecular weight excluding hydrogens is 284 g/mol. The van der Waals surface area contributed by atoms with E-state index in [0.29, 0.717) is 6.04 Å². The van der Waals surface area contributed by atoms with Crippen molar-refractivity contribution in [3.63, 3.8) is 0 Å². The van der Waals surface area contributed by atoms with E-state index in [0.717, 1.165) is 7.11 Å². The van der Waals surface area contributed by atoms with Crippen molar-refractivity contribution in [1.29, 1.82) is 0 Å². The van der Waals surface area contributed by atoms with Gasteiger partial charge in [0.05, 0.1) is 0 Å². The fourth-order valence-corrected chi connectivity index (χ4v) is 2.75. The van der Waals surface area contributed by atoms with Crippen LogP contribution in [0.5, 0.6) is 0 Å². The second-order valence-corrected chi connectivity index (χ2v) is 6.10. The summed E-state index contributed by atoms with van der Waals surface area (Å²) in [7, 11) is 3.06. The second-order valence-electron chi connectivity index (χ2n) is 6.10. The lowest BCUT2D eigenvalue weighted by Crippen LogP contribution is -2.41. The predicted octanol–water partition coefficient (Wildman–Crippen LogP) is 4.38. The number of unbranched alkanes of at least 4 members (excludes halogenated alkanes) is 3. The summed E-state index contributed by atoms with van der Waals surface area (Å²) in [5, 5.41) is 10.4. The van der Waals surface area contributed by atoms with Gasteiger partial charge in [-0.05, 0) is 44.5 Å². The minimum absolute atomic E-state index is 0.714. The topological polar surface area (TPSA) is 35.5 Å². The van der Waals surface area contributed by atoms with Crippen molar-refractivity contribution >= 4 is 5.69 Å². The molecule has 0 aliphatic carbocycles. The molecule has 0 spiro atoms. The van der Waals surface area contributed by atoms with Crippen molar-refractivity contribution in [3.8, 4) is 0 Å². The van der Waals surface area contributed by atoms with Crippen molar-refractivity contribution in [1.82, 2.24) is 5.32 Å². The smallest absolute Gasteiger partial charge is 0.0368 e. The van der Waals surface area contributed by atoms with Gasteiger partial charge in [-0.25, -0.2) is 0 Å². The molecule has 1 aromatic rings. The number of nitrogens with one attached hydrogen (secondary N) is 1. The molecule has 1 aliphatic heterocycles. The second kappa shape index (κ2) is 14.5. The molecule has 0 radical (unpaired) electrons. The first kappa shape index (κ1) is 21.9. The highest BCUT2D eigenvalue weighted by atomic mass is 16.2. The summed E-state index contributed by atoms with van der Waals surface area (Å²) in [5.74, 6) is 0. The number of rotatable bonds is 5. The third-order valence-corrected chi connectivity index (χ3v) is 4.23. The van der Waals surface area contributed by atoms with Crippen molar-refractivity contribution in [3.05, 3.63) is 29.8 Å². The quantitative estimate of drug-likeness (QED) is 0.790. The average molecular weight is 323 g/mol. The SMILES string of the molecule is CCCCCC.CNC1CCN(c2cccc(C)c2)CC1.CO. The molecule has 1 saturated heterocycles. The van der Waals surface area contributed by atoms with Gasteiger partial charge in [-0.15, -0.1) is 0 Å². The molecule has 1 aromatic carbocycles. The number of benzene rings is 1. The summed E-state index contributed by atoms with van der Waals surface area (Å²) in [5.41, 5.74) is 2.73. The van der Waals surface area contributed by atoms with Crippen LogP contribution in [0.4, 0.5) is 5.69 Å². The number of aliphatic hydroxyl groups is 1. The molecule has 1 heterocycles. The third-order valence-electron chi connectivity index (χ3n) is 4.23. The van der Waals surface area contributed by atoms with Crippen molar-refractivity contribution in [2.45, 2.75) is 65.3 Å². The number of hydrogen-bond acceptors (Lipinski definition) is 3. The Bertz CT molecular complexity index is 370. The van der Waals surface area contributed by atoms with Crippen LogP contribution in [0.15, 0.2) is 24.3 Å². The minimum Gasteiger partial charge on any atom is -0.400 e. The normalized spacial score (nSPS) is 14.4. The van der Waals surface area contributed by atoms with E-state index >= 15 is 0 Å². The molecule has 2 N–H and O–H groups in total. The number of aliphatic hydroxyl groups excluding tert-OH is 1. The van der Waals surface area contributed by atoms with E-state index in [-0.39, 0.29) is 0 Å². The zero-order valence-corrected chi connectivity index (χ0v) is 15.9. The van der Waals surface area contributed by atoms with Gasteiger partial charge < -0.3 is 15.3 Å². The van der Waals surface area contributed by atoms with Crippen LogP contribution in [0.1, 0.15) is 57.9 Å². The van der Waals surface area contributed by atoms with Crippen molar-refractivity contribution < 1.29 is 5.11 Å². The van der Waals surface area contributed by atoms with E-state index in [4.69, 9.17) is 5.11 Å². The summed E-state index contributed by atoms with van der Waals surface area (Å²) in [6, 6.07) is 9.51. The number of piperidine rings is 1. The Balaban J connectivity index is 0.000000515. The molecule has 1 aliphatic rings. The van der Waals surface area contributed by atoms with Gasteiger partial charge >= 0.3 is 0 Å². The van der Waals surface area contributed by atoms with Crippen LogP contribution in [-0.4, -0.2) is 38.4 Å². The molecule has 0 atom stereocenters. The molecule has 1 fully saturated rings. The van der Waals surface area contributed by atoms with Crippen molar-refractivity contribution in [2.75, 3.05) is 32.1 Å². The summed E-state index contributed by atoms with van der Waals surface area (Å²) in [6.07, 6.45) is 8.05. The average Bonchev–Trinajstić information content (AvgIpc) is 2.62. The standard InChI is InChI=1S/C13H20N2.C6H14.CH4O/c1-11-4-3-5-13(10-11)15-8-6-12(14-2)7-9-15;1-3-5-6-4-2;1-2/h3-5,10,12,14H,6-9H2,1-2H3;3-6H2,1-2H3;2H,1H3. The molecular formula is C20H38N2O. The van der Waals surface area contributed by atoms with Gasteiger partial charge in [0, 0.05) is 31.9 Å². The van der Waals surface area contributed by atoms with Crippen LogP contribution < -0.4 is 10.2 Å². The van der Waals surface area contributed by atoms with Gasteiger partial charge in [0.1, 0.15) is 0 Å². The third kappa shape index (κ3) is 9.62. The number of hydrogen-bond donors (Lipinski definition) is 2. The summed E-state index contributed by atoms with van der Waals surface area (Å²) >= 11 is 0. The largest absolute Gasteiger partial charge is 0.400 e. The van der Waals surface area contributed by atoms with E-state index in [2.05, 4.69) is 62.3 Å². The van der Waals surface area contributed by atoms with E-state index in [1.807, 2.05) is 0 Å². The van der Waals surface area contributed by atoms with E-state index < -0.39 is 0 Å². The number of anilines is 1. The van der Waals surface area contributed by atoms with Crippen LogP contribution in [0.2, 0.25) is 0 Å². The van der Waals surface area contributed by atoms with Gasteiger partial charge in [0.25, 0.3) is 0 Å². The molecule has 3 nitrogen and oxygen atoms in total. The monoisotopic (exact) mass is 322 g/mol. The van der Waals surface area contributed by atoms with Crippen LogP contribution in [0.25, 0.3) is 0 Å². The highest BCUT2D eigenvalue weighted by Gasteiger charge is 2.17.